The first-order chi connectivity index (χ1) is 9.08. The lowest BCUT2D eigenvalue weighted by Gasteiger charge is -2.07. The fourth-order valence-corrected chi connectivity index (χ4v) is 2.35. The summed E-state index contributed by atoms with van der Waals surface area (Å²) in [7, 11) is 0. The number of aryl methyl sites for hydroxylation is 1. The molecule has 3 N–H and O–H groups in total. The Morgan fingerprint density at radius 3 is 2.84 bits per heavy atom. The van der Waals surface area contributed by atoms with Gasteiger partial charge in [-0.15, -0.1) is 0 Å². The van der Waals surface area contributed by atoms with Crippen molar-refractivity contribution in [2.75, 3.05) is 5.32 Å². The molecule has 2 rings (SSSR count). The van der Waals surface area contributed by atoms with E-state index < -0.39 is 0 Å². The molecule has 1 heterocycles. The van der Waals surface area contributed by atoms with Gasteiger partial charge >= 0.3 is 0 Å². The van der Waals surface area contributed by atoms with E-state index in [1.54, 1.807) is 18.3 Å². The molecule has 0 fully saturated rings. The van der Waals surface area contributed by atoms with Crippen LogP contribution < -0.4 is 11.1 Å². The molecule has 0 atom stereocenters. The second kappa shape index (κ2) is 5.95. The highest BCUT2D eigenvalue weighted by molar-refractivity contribution is 9.10. The van der Waals surface area contributed by atoms with E-state index in [0.29, 0.717) is 17.8 Å². The monoisotopic (exact) mass is 319 g/mol. The van der Waals surface area contributed by atoms with Crippen molar-refractivity contribution < 1.29 is 4.79 Å². The second-order valence-corrected chi connectivity index (χ2v) is 5.13. The molecule has 0 spiro atoms. The molecule has 1 aromatic carbocycles. The predicted molar refractivity (Wildman–Crippen MR) is 79.0 cm³/mol. The van der Waals surface area contributed by atoms with Gasteiger partial charge in [-0.2, -0.15) is 0 Å². The molecule has 98 valence electrons. The Kier molecular flexibility index (Phi) is 4.29. The third-order valence-electron chi connectivity index (χ3n) is 2.59. The molecule has 5 heteroatoms. The molecule has 0 aliphatic carbocycles. The van der Waals surface area contributed by atoms with Crippen molar-refractivity contribution >= 4 is 27.5 Å². The largest absolute Gasteiger partial charge is 0.325 e. The summed E-state index contributed by atoms with van der Waals surface area (Å²) in [5.41, 5.74) is 8.58. The summed E-state index contributed by atoms with van der Waals surface area (Å²) in [6.45, 7) is 2.29. The molecule has 19 heavy (non-hydrogen) atoms. The molecule has 2 aromatic rings. The van der Waals surface area contributed by atoms with Crippen LogP contribution in [0.25, 0.3) is 0 Å². The lowest BCUT2D eigenvalue weighted by molar-refractivity contribution is 0.102. The maximum atomic E-state index is 12.1. The number of nitrogens with two attached hydrogens (primary N) is 1. The number of pyridine rings is 1. The summed E-state index contributed by atoms with van der Waals surface area (Å²) in [6.07, 6.45) is 1.59. The van der Waals surface area contributed by atoms with E-state index in [4.69, 9.17) is 5.73 Å². The van der Waals surface area contributed by atoms with Gasteiger partial charge in [0.25, 0.3) is 5.91 Å². The zero-order valence-corrected chi connectivity index (χ0v) is 12.1. The molecule has 1 aromatic heterocycles. The van der Waals surface area contributed by atoms with E-state index in [1.807, 2.05) is 25.1 Å². The molecule has 0 aliphatic heterocycles. The van der Waals surface area contributed by atoms with Crippen molar-refractivity contribution in [1.82, 2.24) is 4.98 Å². The molecule has 0 bridgehead atoms. The lowest BCUT2D eigenvalue weighted by Crippen LogP contribution is -2.13. The Labute approximate surface area is 120 Å². The van der Waals surface area contributed by atoms with Gasteiger partial charge < -0.3 is 11.1 Å². The van der Waals surface area contributed by atoms with Gasteiger partial charge in [0, 0.05) is 28.5 Å². The van der Waals surface area contributed by atoms with E-state index in [1.165, 1.54) is 0 Å². The van der Waals surface area contributed by atoms with Crippen molar-refractivity contribution in [3.8, 4) is 0 Å². The maximum absolute atomic E-state index is 12.1. The molecule has 1 amide bonds. The first-order valence-corrected chi connectivity index (χ1v) is 6.61. The van der Waals surface area contributed by atoms with Crippen LogP contribution in [-0.2, 0) is 6.54 Å². The quantitative estimate of drug-likeness (QED) is 0.914. The van der Waals surface area contributed by atoms with Gasteiger partial charge in [0.2, 0.25) is 0 Å². The number of carbonyl (C=O) groups is 1. The van der Waals surface area contributed by atoms with Crippen molar-refractivity contribution in [1.29, 1.82) is 0 Å². The molecule has 4 nitrogen and oxygen atoms in total. The number of carbonyl (C=O) groups excluding carboxylic acids is 1. The lowest BCUT2D eigenvalue weighted by atomic mass is 10.2. The van der Waals surface area contributed by atoms with Crippen molar-refractivity contribution in [3.63, 3.8) is 0 Å². The van der Waals surface area contributed by atoms with Gasteiger partial charge in [-0.3, -0.25) is 9.78 Å². The van der Waals surface area contributed by atoms with Crippen molar-refractivity contribution in [2.45, 2.75) is 13.5 Å². The van der Waals surface area contributed by atoms with E-state index >= 15 is 0 Å². The number of nitrogens with zero attached hydrogens (tertiary/aromatic N) is 1. The highest BCUT2D eigenvalue weighted by Gasteiger charge is 2.07. The maximum Gasteiger partial charge on any atom is 0.255 e. The van der Waals surface area contributed by atoms with Crippen LogP contribution in [0, 0.1) is 6.92 Å². The molecule has 0 radical (unpaired) electrons. The van der Waals surface area contributed by atoms with Gasteiger partial charge in [-0.1, -0.05) is 15.9 Å². The molecule has 0 aliphatic rings. The van der Waals surface area contributed by atoms with Crippen LogP contribution in [0.15, 0.2) is 41.0 Å². The van der Waals surface area contributed by atoms with Gasteiger partial charge in [0.1, 0.15) is 0 Å². The van der Waals surface area contributed by atoms with Gasteiger partial charge in [0.15, 0.2) is 0 Å². The summed E-state index contributed by atoms with van der Waals surface area (Å²) in [5.74, 6) is -0.172. The summed E-state index contributed by atoms with van der Waals surface area (Å²) in [5, 5.41) is 2.85. The number of amides is 1. The third-order valence-corrected chi connectivity index (χ3v) is 3.05. The van der Waals surface area contributed by atoms with Gasteiger partial charge in [-0.25, -0.2) is 0 Å². The Balaban J connectivity index is 2.20. The number of aromatic nitrogens is 1. The number of rotatable bonds is 3. The van der Waals surface area contributed by atoms with E-state index in [-0.39, 0.29) is 5.91 Å². The number of anilines is 1. The number of hydrogen-bond acceptors (Lipinski definition) is 3. The molecule has 0 saturated heterocycles. The standard InChI is InChI=1S/C14H14BrN3O/c1-9-4-11(15)7-12(5-9)18-14(19)10-2-3-17-13(6-10)8-16/h2-7H,8,16H2,1H3,(H,18,19). The molecular weight excluding hydrogens is 306 g/mol. The number of nitrogens with one attached hydrogen (secondary N) is 1. The molecule has 0 saturated carbocycles. The summed E-state index contributed by atoms with van der Waals surface area (Å²) >= 11 is 3.40. The van der Waals surface area contributed by atoms with Gasteiger partial charge in [0.05, 0.1) is 5.69 Å². The predicted octanol–water partition coefficient (Wildman–Crippen LogP) is 2.86. The Bertz CT molecular complexity index is 593. The number of benzene rings is 1. The normalized spacial score (nSPS) is 10.3. The minimum Gasteiger partial charge on any atom is -0.325 e. The minimum absolute atomic E-state index is 0.172. The summed E-state index contributed by atoms with van der Waals surface area (Å²) in [4.78, 5) is 16.2. The first kappa shape index (κ1) is 13.7. The number of halogens is 1. The van der Waals surface area contributed by atoms with Gasteiger partial charge in [-0.05, 0) is 42.8 Å². The van der Waals surface area contributed by atoms with Crippen LogP contribution in [0.1, 0.15) is 21.6 Å². The van der Waals surface area contributed by atoms with Crippen molar-refractivity contribution in [3.05, 3.63) is 57.8 Å². The topological polar surface area (TPSA) is 68.0 Å². The summed E-state index contributed by atoms with van der Waals surface area (Å²) in [6, 6.07) is 9.11. The van der Waals surface area contributed by atoms with Crippen LogP contribution in [0.3, 0.4) is 0 Å². The zero-order valence-electron chi connectivity index (χ0n) is 10.5. The first-order valence-electron chi connectivity index (χ1n) is 5.82. The average molecular weight is 320 g/mol. The van der Waals surface area contributed by atoms with E-state index in [0.717, 1.165) is 15.7 Å². The van der Waals surface area contributed by atoms with Crippen LogP contribution in [0.5, 0.6) is 0 Å². The van der Waals surface area contributed by atoms with E-state index in [2.05, 4.69) is 26.2 Å². The third kappa shape index (κ3) is 3.62. The smallest absolute Gasteiger partial charge is 0.255 e. The summed E-state index contributed by atoms with van der Waals surface area (Å²) < 4.78 is 0.931. The second-order valence-electron chi connectivity index (χ2n) is 4.21. The molecular formula is C14H14BrN3O. The SMILES string of the molecule is Cc1cc(Br)cc(NC(=O)c2ccnc(CN)c2)c1. The fourth-order valence-electron chi connectivity index (χ4n) is 1.74. The van der Waals surface area contributed by atoms with Crippen LogP contribution in [0.4, 0.5) is 5.69 Å². The van der Waals surface area contributed by atoms with Crippen LogP contribution in [0.2, 0.25) is 0 Å². The zero-order chi connectivity index (χ0) is 13.8. The Hall–Kier alpha value is -1.72. The highest BCUT2D eigenvalue weighted by atomic mass is 79.9. The fraction of sp³-hybridized carbons (Fsp3) is 0.143. The Morgan fingerprint density at radius 1 is 1.37 bits per heavy atom. The average Bonchev–Trinajstić information content (AvgIpc) is 2.37. The highest BCUT2D eigenvalue weighted by Crippen LogP contribution is 2.19. The van der Waals surface area contributed by atoms with Crippen molar-refractivity contribution in [2.24, 2.45) is 5.73 Å². The minimum atomic E-state index is -0.172. The number of hydrogen-bond donors (Lipinski definition) is 2. The van der Waals surface area contributed by atoms with Crippen LogP contribution in [-0.4, -0.2) is 10.9 Å². The molecule has 0 unspecified atom stereocenters. The Morgan fingerprint density at radius 2 is 2.16 bits per heavy atom. The van der Waals surface area contributed by atoms with E-state index in [9.17, 15) is 4.79 Å². The van der Waals surface area contributed by atoms with Crippen LogP contribution >= 0.6 is 15.9 Å².